The van der Waals surface area contributed by atoms with Gasteiger partial charge in [-0.2, -0.15) is 0 Å². The summed E-state index contributed by atoms with van der Waals surface area (Å²) in [6, 6.07) is -0.895. The van der Waals surface area contributed by atoms with E-state index in [1.165, 1.54) is 128 Å². The van der Waals surface area contributed by atoms with Gasteiger partial charge >= 0.3 is 0 Å². The minimum atomic E-state index is -4.58. The molecule has 0 heterocycles. The van der Waals surface area contributed by atoms with Crippen LogP contribution in [-0.2, 0) is 18.4 Å². The smallest absolute Gasteiger partial charge is 0.268 e. The van der Waals surface area contributed by atoms with Crippen molar-refractivity contribution in [3.8, 4) is 0 Å². The van der Waals surface area contributed by atoms with Crippen LogP contribution in [0.2, 0.25) is 0 Å². The van der Waals surface area contributed by atoms with Crippen LogP contribution in [0.1, 0.15) is 187 Å². The van der Waals surface area contributed by atoms with Crippen LogP contribution >= 0.6 is 7.82 Å². The lowest BCUT2D eigenvalue weighted by molar-refractivity contribution is -0.870. The van der Waals surface area contributed by atoms with E-state index in [2.05, 4.69) is 31.3 Å². The molecule has 0 rings (SSSR count). The maximum Gasteiger partial charge on any atom is 0.268 e. The van der Waals surface area contributed by atoms with Crippen LogP contribution < -0.4 is 10.2 Å². The molecule has 0 aromatic carbocycles. The third-order valence-electron chi connectivity index (χ3n) is 9.41. The molecule has 51 heavy (non-hydrogen) atoms. The fourth-order valence-electron chi connectivity index (χ4n) is 5.99. The fourth-order valence-corrected chi connectivity index (χ4v) is 6.71. The number of quaternary nitrogens is 1. The van der Waals surface area contributed by atoms with Gasteiger partial charge in [0.1, 0.15) is 13.2 Å². The molecule has 0 aromatic rings. The molecule has 0 spiro atoms. The molecule has 0 aromatic heterocycles. The highest BCUT2D eigenvalue weighted by Gasteiger charge is 2.23. The molecule has 2 N–H and O–H groups in total. The number of aliphatic hydroxyl groups is 1. The summed E-state index contributed by atoms with van der Waals surface area (Å²) in [5, 5.41) is 13.7. The first-order valence-corrected chi connectivity index (χ1v) is 22.7. The first kappa shape index (κ1) is 50.0. The Hall–Kier alpha value is -1.02. The topological polar surface area (TPSA) is 108 Å². The van der Waals surface area contributed by atoms with Crippen LogP contribution in [0.15, 0.2) is 24.3 Å². The van der Waals surface area contributed by atoms with Crippen molar-refractivity contribution in [3.05, 3.63) is 24.3 Å². The third kappa shape index (κ3) is 37.1. The number of hydrogen-bond acceptors (Lipinski definition) is 6. The van der Waals surface area contributed by atoms with Crippen molar-refractivity contribution in [2.24, 2.45) is 0 Å². The van der Waals surface area contributed by atoms with Crippen LogP contribution in [0.25, 0.3) is 0 Å². The first-order valence-electron chi connectivity index (χ1n) is 21.2. The van der Waals surface area contributed by atoms with Gasteiger partial charge < -0.3 is 28.8 Å². The Morgan fingerprint density at radius 3 is 1.59 bits per heavy atom. The van der Waals surface area contributed by atoms with E-state index in [4.69, 9.17) is 9.05 Å². The number of carbonyl (C=O) groups is 1. The molecular formula is C42H83N2O6P. The zero-order chi connectivity index (χ0) is 37.9. The lowest BCUT2D eigenvalue weighted by Gasteiger charge is -2.29. The number of allylic oxidation sites excluding steroid dienone is 3. The van der Waals surface area contributed by atoms with Crippen molar-refractivity contribution in [2.45, 2.75) is 199 Å². The number of phosphoric acid groups is 1. The van der Waals surface area contributed by atoms with Crippen LogP contribution in [0, 0.1) is 0 Å². The zero-order valence-electron chi connectivity index (χ0n) is 34.1. The molecule has 0 saturated heterocycles. The van der Waals surface area contributed by atoms with Gasteiger partial charge in [-0.3, -0.25) is 9.36 Å². The summed E-state index contributed by atoms with van der Waals surface area (Å²) in [5.74, 6) is -0.215. The largest absolute Gasteiger partial charge is 0.756 e. The van der Waals surface area contributed by atoms with Gasteiger partial charge in [-0.05, 0) is 32.1 Å². The van der Waals surface area contributed by atoms with Crippen molar-refractivity contribution in [2.75, 3.05) is 40.9 Å². The Labute approximate surface area is 315 Å². The molecule has 302 valence electrons. The van der Waals surface area contributed by atoms with Gasteiger partial charge in [-0.1, -0.05) is 173 Å². The average Bonchev–Trinajstić information content (AvgIpc) is 3.07. The molecule has 8 nitrogen and oxygen atoms in total. The number of hydrogen-bond donors (Lipinski definition) is 2. The number of carbonyl (C=O) groups excluding carboxylic acids is 1. The predicted molar refractivity (Wildman–Crippen MR) is 215 cm³/mol. The van der Waals surface area contributed by atoms with Crippen molar-refractivity contribution in [1.29, 1.82) is 0 Å². The number of aliphatic hydroxyl groups excluding tert-OH is 1. The summed E-state index contributed by atoms with van der Waals surface area (Å²) < 4.78 is 23.0. The molecule has 0 radical (unpaired) electrons. The quantitative estimate of drug-likeness (QED) is 0.0282. The second kappa shape index (κ2) is 34.7. The molecule has 9 heteroatoms. The van der Waals surface area contributed by atoms with Crippen molar-refractivity contribution >= 4 is 13.7 Å². The van der Waals surface area contributed by atoms with Gasteiger partial charge in [0.2, 0.25) is 5.91 Å². The van der Waals surface area contributed by atoms with E-state index in [-0.39, 0.29) is 12.5 Å². The Bertz CT molecular complexity index is 891. The summed E-state index contributed by atoms with van der Waals surface area (Å²) in [6.07, 6.45) is 39.7. The van der Waals surface area contributed by atoms with E-state index >= 15 is 0 Å². The average molecular weight is 743 g/mol. The van der Waals surface area contributed by atoms with Gasteiger partial charge in [-0.25, -0.2) is 0 Å². The summed E-state index contributed by atoms with van der Waals surface area (Å²) in [7, 11) is 1.24. The van der Waals surface area contributed by atoms with E-state index in [0.29, 0.717) is 17.4 Å². The second-order valence-corrected chi connectivity index (χ2v) is 17.1. The normalized spacial score (nSPS) is 14.7. The summed E-state index contributed by atoms with van der Waals surface area (Å²) in [6.45, 7) is 4.57. The fraction of sp³-hybridized carbons (Fsp3) is 0.881. The summed E-state index contributed by atoms with van der Waals surface area (Å²) in [4.78, 5) is 25.0. The van der Waals surface area contributed by atoms with E-state index in [9.17, 15) is 19.4 Å². The minimum Gasteiger partial charge on any atom is -0.756 e. The number of unbranched alkanes of at least 4 members (excludes halogenated alkanes) is 23. The molecule has 0 aliphatic heterocycles. The SMILES string of the molecule is CCCCCCCCCCCCCCCCCC/C=C/CC/C=C/C(O)C(COP(=O)([O-])OCC[N+](C)(C)C)NC(=O)CCCCCCCCC. The highest BCUT2D eigenvalue weighted by atomic mass is 31.2. The highest BCUT2D eigenvalue weighted by molar-refractivity contribution is 7.45. The van der Waals surface area contributed by atoms with Gasteiger partial charge in [0.15, 0.2) is 0 Å². The van der Waals surface area contributed by atoms with Crippen LogP contribution in [0.4, 0.5) is 0 Å². The summed E-state index contributed by atoms with van der Waals surface area (Å²) >= 11 is 0. The number of amides is 1. The Morgan fingerprint density at radius 1 is 0.667 bits per heavy atom. The monoisotopic (exact) mass is 743 g/mol. The van der Waals surface area contributed by atoms with Crippen molar-refractivity contribution in [1.82, 2.24) is 5.32 Å². The highest BCUT2D eigenvalue weighted by Crippen LogP contribution is 2.38. The molecule has 3 unspecified atom stereocenters. The Balaban J connectivity index is 4.31. The number of likely N-dealkylation sites (N-methyl/N-ethyl adjacent to an activating group) is 1. The molecule has 0 aliphatic carbocycles. The number of nitrogens with zero attached hydrogens (tertiary/aromatic N) is 1. The van der Waals surface area contributed by atoms with Crippen LogP contribution in [0.3, 0.4) is 0 Å². The summed E-state index contributed by atoms with van der Waals surface area (Å²) in [5.41, 5.74) is 0. The lowest BCUT2D eigenvalue weighted by atomic mass is 10.0. The lowest BCUT2D eigenvalue weighted by Crippen LogP contribution is -2.45. The number of nitrogens with one attached hydrogen (secondary N) is 1. The van der Waals surface area contributed by atoms with E-state index in [1.54, 1.807) is 6.08 Å². The van der Waals surface area contributed by atoms with Gasteiger partial charge in [0.05, 0.1) is 39.9 Å². The molecule has 0 aliphatic rings. The molecule has 0 bridgehead atoms. The Kier molecular flexibility index (Phi) is 34.0. The zero-order valence-corrected chi connectivity index (χ0v) is 35.0. The minimum absolute atomic E-state index is 0.00495. The van der Waals surface area contributed by atoms with Crippen molar-refractivity contribution < 1.29 is 32.9 Å². The van der Waals surface area contributed by atoms with Crippen molar-refractivity contribution in [3.63, 3.8) is 0 Å². The standard InChI is InChI=1S/C42H83N2O6P/c1-6-8-10-12-14-15-16-17-18-19-20-21-22-23-24-25-26-27-28-30-31-33-35-41(45)40(39-50-51(47,48)49-38-37-44(3,4)5)43-42(46)36-34-32-29-13-11-9-7-2/h27-28,33,35,40-41,45H,6-26,29-32,34,36-39H2,1-5H3,(H-,43,46,47,48)/b28-27+,35-33+. The Morgan fingerprint density at radius 2 is 1.10 bits per heavy atom. The van der Waals surface area contributed by atoms with E-state index in [0.717, 1.165) is 38.5 Å². The number of rotatable bonds is 38. The van der Waals surface area contributed by atoms with E-state index < -0.39 is 26.6 Å². The third-order valence-corrected chi connectivity index (χ3v) is 10.4. The van der Waals surface area contributed by atoms with Gasteiger partial charge in [-0.15, -0.1) is 0 Å². The van der Waals surface area contributed by atoms with Gasteiger partial charge in [0, 0.05) is 6.42 Å². The molecule has 0 saturated carbocycles. The molecule has 0 fully saturated rings. The van der Waals surface area contributed by atoms with Crippen LogP contribution in [-0.4, -0.2) is 68.5 Å². The maximum atomic E-state index is 12.7. The molecule has 1 amide bonds. The van der Waals surface area contributed by atoms with Crippen LogP contribution in [0.5, 0.6) is 0 Å². The second-order valence-electron chi connectivity index (χ2n) is 15.7. The predicted octanol–water partition coefficient (Wildman–Crippen LogP) is 10.7. The van der Waals surface area contributed by atoms with Gasteiger partial charge in [0.25, 0.3) is 7.82 Å². The van der Waals surface area contributed by atoms with E-state index in [1.807, 2.05) is 27.2 Å². The molecular weight excluding hydrogens is 659 g/mol. The maximum absolute atomic E-state index is 12.7. The number of phosphoric ester groups is 1. The molecule has 3 atom stereocenters. The first-order chi connectivity index (χ1) is 24.5.